The number of anilines is 2. The fourth-order valence-electron chi connectivity index (χ4n) is 2.28. The van der Waals surface area contributed by atoms with E-state index in [-0.39, 0.29) is 11.9 Å². The lowest BCUT2D eigenvalue weighted by molar-refractivity contribution is 0.0386. The third kappa shape index (κ3) is 2.65. The summed E-state index contributed by atoms with van der Waals surface area (Å²) in [5.41, 5.74) is 6.74. The summed E-state index contributed by atoms with van der Waals surface area (Å²) in [6.07, 6.45) is 1.50. The van der Waals surface area contributed by atoms with Gasteiger partial charge in [-0.2, -0.15) is 5.26 Å². The maximum absolute atomic E-state index is 11.9. The van der Waals surface area contributed by atoms with E-state index in [2.05, 4.69) is 17.9 Å². The summed E-state index contributed by atoms with van der Waals surface area (Å²) in [6.45, 7) is 5.98. The highest BCUT2D eigenvalue weighted by atomic mass is 32.1. The number of morpholine rings is 1. The molecule has 1 atom stereocenters. The molecule has 20 heavy (non-hydrogen) atoms. The van der Waals surface area contributed by atoms with Gasteiger partial charge in [0.2, 0.25) is 0 Å². The molecule has 0 radical (unpaired) electrons. The largest absolute Gasteiger partial charge is 0.396 e. The van der Waals surface area contributed by atoms with Crippen LogP contribution in [-0.4, -0.2) is 31.6 Å². The van der Waals surface area contributed by atoms with Crippen LogP contribution in [0.15, 0.2) is 0 Å². The monoisotopic (exact) mass is 293 g/mol. The quantitative estimate of drug-likeness (QED) is 0.862. The Morgan fingerprint density at radius 2 is 2.35 bits per heavy atom. The number of carbonyl (C=O) groups excluding carboxylic acids is 1. The number of hydrogen-bond donors (Lipinski definition) is 1. The average Bonchev–Trinajstić information content (AvgIpc) is 2.83. The highest BCUT2D eigenvalue weighted by molar-refractivity contribution is 7.19. The Balaban J connectivity index is 2.36. The molecule has 1 aromatic heterocycles. The lowest BCUT2D eigenvalue weighted by Crippen LogP contribution is -2.42. The number of ether oxygens (including phenoxy) is 1. The number of ketones is 1. The van der Waals surface area contributed by atoms with E-state index in [1.807, 2.05) is 0 Å². The molecule has 1 aliphatic rings. The predicted octanol–water partition coefficient (Wildman–Crippen LogP) is 2.41. The molecule has 2 rings (SSSR count). The van der Waals surface area contributed by atoms with E-state index in [4.69, 9.17) is 10.5 Å². The Kier molecular flexibility index (Phi) is 4.63. The van der Waals surface area contributed by atoms with Gasteiger partial charge in [0.05, 0.1) is 23.3 Å². The summed E-state index contributed by atoms with van der Waals surface area (Å²) in [5.74, 6) is -0.00412. The zero-order valence-electron chi connectivity index (χ0n) is 11.8. The van der Waals surface area contributed by atoms with Crippen LogP contribution in [0.5, 0.6) is 0 Å². The maximum atomic E-state index is 11.9. The fourth-order valence-corrected chi connectivity index (χ4v) is 3.50. The first-order valence-corrected chi connectivity index (χ1v) is 7.66. The molecular formula is C14H19N3O2S. The van der Waals surface area contributed by atoms with Gasteiger partial charge in [-0.25, -0.2) is 0 Å². The summed E-state index contributed by atoms with van der Waals surface area (Å²) in [5, 5.41) is 10.1. The van der Waals surface area contributed by atoms with Gasteiger partial charge in [0.25, 0.3) is 0 Å². The molecule has 0 amide bonds. The Hall–Kier alpha value is -1.58. The van der Waals surface area contributed by atoms with E-state index >= 15 is 0 Å². The van der Waals surface area contributed by atoms with Crippen molar-refractivity contribution in [2.75, 3.05) is 30.3 Å². The van der Waals surface area contributed by atoms with Crippen molar-refractivity contribution in [3.8, 4) is 6.07 Å². The van der Waals surface area contributed by atoms with Crippen molar-refractivity contribution < 1.29 is 9.53 Å². The molecule has 1 aliphatic heterocycles. The molecule has 0 bridgehead atoms. The van der Waals surface area contributed by atoms with Crippen molar-refractivity contribution >= 4 is 27.8 Å². The fraction of sp³-hybridized carbons (Fsp3) is 0.571. The first kappa shape index (κ1) is 14.8. The van der Waals surface area contributed by atoms with Crippen LogP contribution < -0.4 is 10.6 Å². The molecule has 1 aromatic rings. The van der Waals surface area contributed by atoms with Gasteiger partial charge in [0, 0.05) is 19.5 Å². The van der Waals surface area contributed by atoms with Crippen LogP contribution in [0.1, 0.15) is 41.9 Å². The molecule has 2 heterocycles. The van der Waals surface area contributed by atoms with Crippen LogP contribution in [0.4, 0.5) is 10.7 Å². The van der Waals surface area contributed by atoms with Crippen LogP contribution >= 0.6 is 11.3 Å². The van der Waals surface area contributed by atoms with Gasteiger partial charge in [0.15, 0.2) is 5.78 Å². The van der Waals surface area contributed by atoms with Crippen LogP contribution in [0.3, 0.4) is 0 Å². The number of Topliss-reactive ketones (excluding diaryl/α,β-unsaturated/α-hetero) is 1. The molecule has 0 saturated carbocycles. The number of thiophene rings is 1. The lowest BCUT2D eigenvalue weighted by Gasteiger charge is -2.33. The summed E-state index contributed by atoms with van der Waals surface area (Å²) in [6, 6.07) is 2.14. The van der Waals surface area contributed by atoms with Gasteiger partial charge < -0.3 is 15.4 Å². The summed E-state index contributed by atoms with van der Waals surface area (Å²) < 4.78 is 5.64. The molecule has 1 saturated heterocycles. The molecule has 5 nitrogen and oxygen atoms in total. The zero-order valence-corrected chi connectivity index (χ0v) is 12.6. The third-order valence-electron chi connectivity index (χ3n) is 3.49. The second kappa shape index (κ2) is 6.25. The number of rotatable bonds is 4. The van der Waals surface area contributed by atoms with Crippen molar-refractivity contribution in [3.05, 3.63) is 10.4 Å². The van der Waals surface area contributed by atoms with Gasteiger partial charge in [-0.1, -0.05) is 13.8 Å². The predicted molar refractivity (Wildman–Crippen MR) is 80.3 cm³/mol. The van der Waals surface area contributed by atoms with Crippen molar-refractivity contribution in [2.45, 2.75) is 32.8 Å². The Labute approximate surface area is 122 Å². The van der Waals surface area contributed by atoms with E-state index in [9.17, 15) is 10.1 Å². The Morgan fingerprint density at radius 3 is 2.95 bits per heavy atom. The van der Waals surface area contributed by atoms with Gasteiger partial charge in [-0.3, -0.25) is 4.79 Å². The van der Waals surface area contributed by atoms with Crippen molar-refractivity contribution in [3.63, 3.8) is 0 Å². The van der Waals surface area contributed by atoms with E-state index in [1.165, 1.54) is 11.3 Å². The molecule has 2 N–H and O–H groups in total. The number of hydrogen-bond acceptors (Lipinski definition) is 6. The van der Waals surface area contributed by atoms with Crippen molar-refractivity contribution in [1.82, 2.24) is 0 Å². The Morgan fingerprint density at radius 1 is 1.60 bits per heavy atom. The molecular weight excluding hydrogens is 274 g/mol. The minimum absolute atomic E-state index is 0.00412. The first-order chi connectivity index (χ1) is 9.62. The normalized spacial score (nSPS) is 18.9. The van der Waals surface area contributed by atoms with E-state index < -0.39 is 0 Å². The van der Waals surface area contributed by atoms with E-state index in [0.717, 1.165) is 24.5 Å². The van der Waals surface area contributed by atoms with Crippen molar-refractivity contribution in [2.24, 2.45) is 0 Å². The number of nitrogens with two attached hydrogens (primary N) is 1. The number of nitrogen functional groups attached to an aromatic ring is 1. The molecule has 1 unspecified atom stereocenters. The molecule has 6 heteroatoms. The summed E-state index contributed by atoms with van der Waals surface area (Å²) >= 11 is 1.34. The Bertz CT molecular complexity index is 547. The smallest absolute Gasteiger partial charge is 0.174 e. The van der Waals surface area contributed by atoms with Crippen LogP contribution in [0.2, 0.25) is 0 Å². The average molecular weight is 293 g/mol. The summed E-state index contributed by atoms with van der Waals surface area (Å²) in [7, 11) is 0. The minimum Gasteiger partial charge on any atom is -0.396 e. The summed E-state index contributed by atoms with van der Waals surface area (Å²) in [4.78, 5) is 14.5. The SMILES string of the molecule is CCC(=O)c1sc(N2CCOC(CC)C2)c(C#N)c1N. The van der Waals surface area contributed by atoms with Gasteiger partial charge >= 0.3 is 0 Å². The second-order valence-corrected chi connectivity index (χ2v) is 5.76. The molecule has 0 aliphatic carbocycles. The van der Waals surface area contributed by atoms with Crippen LogP contribution in [0.25, 0.3) is 0 Å². The molecule has 0 aromatic carbocycles. The topological polar surface area (TPSA) is 79.3 Å². The standard InChI is InChI=1S/C14H19N3O2S/c1-3-9-8-17(5-6-19-9)14-10(7-15)12(16)13(20-14)11(18)4-2/h9H,3-6,8,16H2,1-2H3. The number of nitriles is 1. The van der Waals surface area contributed by atoms with Gasteiger partial charge in [-0.05, 0) is 6.42 Å². The zero-order chi connectivity index (χ0) is 14.7. The number of carbonyl (C=O) groups is 1. The van der Waals surface area contributed by atoms with Crippen LogP contribution in [-0.2, 0) is 4.74 Å². The number of nitrogens with zero attached hydrogens (tertiary/aromatic N) is 2. The second-order valence-electron chi connectivity index (χ2n) is 4.76. The molecule has 108 valence electrons. The highest BCUT2D eigenvalue weighted by Gasteiger charge is 2.27. The van der Waals surface area contributed by atoms with E-state index in [1.54, 1.807) is 6.92 Å². The van der Waals surface area contributed by atoms with Gasteiger partial charge in [0.1, 0.15) is 16.6 Å². The minimum atomic E-state index is -0.00412. The maximum Gasteiger partial charge on any atom is 0.174 e. The van der Waals surface area contributed by atoms with E-state index in [0.29, 0.717) is 29.2 Å². The highest BCUT2D eigenvalue weighted by Crippen LogP contribution is 2.39. The molecule has 1 fully saturated rings. The van der Waals surface area contributed by atoms with Gasteiger partial charge in [-0.15, -0.1) is 11.3 Å². The third-order valence-corrected chi connectivity index (χ3v) is 4.80. The first-order valence-electron chi connectivity index (χ1n) is 6.84. The molecule has 0 spiro atoms. The van der Waals surface area contributed by atoms with Crippen molar-refractivity contribution in [1.29, 1.82) is 5.26 Å². The van der Waals surface area contributed by atoms with Crippen LogP contribution in [0, 0.1) is 11.3 Å². The lowest BCUT2D eigenvalue weighted by atomic mass is 10.1.